The van der Waals surface area contributed by atoms with Gasteiger partial charge in [0.15, 0.2) is 0 Å². The second kappa shape index (κ2) is 2.98. The molecule has 1 amide bonds. The molecular weight excluding hydrogens is 174 g/mol. The van der Waals surface area contributed by atoms with Crippen LogP contribution in [0.15, 0.2) is 36.9 Å². The number of allylic oxidation sites excluding steroid dienone is 1. The molecule has 14 heavy (non-hydrogen) atoms. The van der Waals surface area contributed by atoms with E-state index in [1.54, 1.807) is 6.08 Å². The maximum absolute atomic E-state index is 11.8. The van der Waals surface area contributed by atoms with Gasteiger partial charge >= 0.3 is 0 Å². The van der Waals surface area contributed by atoms with Crippen LogP contribution >= 0.6 is 0 Å². The highest BCUT2D eigenvalue weighted by atomic mass is 16.2. The fourth-order valence-electron chi connectivity index (χ4n) is 1.95. The largest absolute Gasteiger partial charge is 0.325 e. The summed E-state index contributed by atoms with van der Waals surface area (Å²) in [6.07, 6.45) is 2.47. The summed E-state index contributed by atoms with van der Waals surface area (Å²) in [6, 6.07) is 7.82. The lowest BCUT2D eigenvalue weighted by molar-refractivity contribution is -0.120. The van der Waals surface area contributed by atoms with Crippen LogP contribution in [0.3, 0.4) is 0 Å². The molecule has 1 unspecified atom stereocenters. The first-order chi connectivity index (χ1) is 6.68. The molecule has 0 saturated heterocycles. The maximum Gasteiger partial charge on any atom is 0.235 e. The summed E-state index contributed by atoms with van der Waals surface area (Å²) in [6.45, 7) is 5.65. The number of nitrogens with one attached hydrogen (secondary N) is 1. The van der Waals surface area contributed by atoms with E-state index in [9.17, 15) is 4.79 Å². The van der Waals surface area contributed by atoms with Crippen LogP contribution in [0.2, 0.25) is 0 Å². The fourth-order valence-corrected chi connectivity index (χ4v) is 1.95. The third-order valence-electron chi connectivity index (χ3n) is 2.82. The monoisotopic (exact) mass is 187 g/mol. The van der Waals surface area contributed by atoms with E-state index in [0.717, 1.165) is 11.3 Å². The molecule has 2 nitrogen and oxygen atoms in total. The van der Waals surface area contributed by atoms with Crippen molar-refractivity contribution in [1.29, 1.82) is 0 Å². The van der Waals surface area contributed by atoms with E-state index in [0.29, 0.717) is 6.42 Å². The van der Waals surface area contributed by atoms with Crippen LogP contribution in [0.1, 0.15) is 18.9 Å². The third kappa shape index (κ3) is 1.07. The Morgan fingerprint density at radius 2 is 2.21 bits per heavy atom. The summed E-state index contributed by atoms with van der Waals surface area (Å²) in [5.74, 6) is 0.0681. The van der Waals surface area contributed by atoms with Gasteiger partial charge in [0.05, 0.1) is 5.41 Å². The molecule has 0 bridgehead atoms. The van der Waals surface area contributed by atoms with Gasteiger partial charge in [0.1, 0.15) is 0 Å². The van der Waals surface area contributed by atoms with E-state index in [1.807, 2.05) is 31.2 Å². The number of rotatable bonds is 2. The minimum atomic E-state index is -0.432. The first kappa shape index (κ1) is 9.00. The summed E-state index contributed by atoms with van der Waals surface area (Å²) in [4.78, 5) is 11.8. The molecule has 2 heteroatoms. The molecule has 1 N–H and O–H groups in total. The molecule has 1 atom stereocenters. The molecule has 72 valence electrons. The summed E-state index contributed by atoms with van der Waals surface area (Å²) in [5.41, 5.74) is 1.57. The van der Waals surface area contributed by atoms with Gasteiger partial charge in [0.2, 0.25) is 5.91 Å². The van der Waals surface area contributed by atoms with Crippen molar-refractivity contribution in [2.45, 2.75) is 18.8 Å². The van der Waals surface area contributed by atoms with Crippen molar-refractivity contribution >= 4 is 11.6 Å². The Bertz CT molecular complexity index is 397. The van der Waals surface area contributed by atoms with Gasteiger partial charge in [0.25, 0.3) is 0 Å². The Kier molecular flexibility index (Phi) is 1.92. The van der Waals surface area contributed by atoms with Crippen molar-refractivity contribution in [3.8, 4) is 0 Å². The summed E-state index contributed by atoms with van der Waals surface area (Å²) in [7, 11) is 0. The number of carbonyl (C=O) groups is 1. The Balaban J connectivity index is 2.53. The van der Waals surface area contributed by atoms with Crippen molar-refractivity contribution in [2.24, 2.45) is 0 Å². The Morgan fingerprint density at radius 1 is 1.50 bits per heavy atom. The van der Waals surface area contributed by atoms with E-state index in [-0.39, 0.29) is 5.91 Å². The number of hydrogen-bond acceptors (Lipinski definition) is 1. The molecule has 1 heterocycles. The molecule has 1 aliphatic heterocycles. The second-order valence-electron chi connectivity index (χ2n) is 3.82. The normalized spacial score (nSPS) is 24.2. The summed E-state index contributed by atoms with van der Waals surface area (Å²) < 4.78 is 0. The number of fused-ring (bicyclic) bond motifs is 1. The van der Waals surface area contributed by atoms with Crippen molar-refractivity contribution < 1.29 is 4.79 Å². The van der Waals surface area contributed by atoms with Gasteiger partial charge < -0.3 is 5.32 Å². The predicted octanol–water partition coefficient (Wildman–Crippen LogP) is 2.47. The van der Waals surface area contributed by atoms with Crippen molar-refractivity contribution in [1.82, 2.24) is 0 Å². The number of para-hydroxylation sites is 1. The van der Waals surface area contributed by atoms with Crippen LogP contribution < -0.4 is 5.32 Å². The van der Waals surface area contributed by atoms with E-state index in [2.05, 4.69) is 11.9 Å². The van der Waals surface area contributed by atoms with E-state index >= 15 is 0 Å². The molecule has 1 aromatic rings. The number of benzene rings is 1. The van der Waals surface area contributed by atoms with E-state index in [4.69, 9.17) is 0 Å². The average molecular weight is 187 g/mol. The number of carbonyl (C=O) groups excluding carboxylic acids is 1. The molecule has 1 aromatic carbocycles. The molecule has 0 aromatic heterocycles. The number of amides is 1. The molecule has 2 rings (SSSR count). The topological polar surface area (TPSA) is 29.1 Å². The molecule has 0 radical (unpaired) electrons. The van der Waals surface area contributed by atoms with Crippen LogP contribution in [0.5, 0.6) is 0 Å². The van der Waals surface area contributed by atoms with Crippen molar-refractivity contribution in [2.75, 3.05) is 5.32 Å². The Hall–Kier alpha value is -1.57. The molecule has 0 aliphatic carbocycles. The fraction of sp³-hybridized carbons (Fsp3) is 0.250. The first-order valence-corrected chi connectivity index (χ1v) is 4.70. The number of anilines is 1. The van der Waals surface area contributed by atoms with Crippen molar-refractivity contribution in [3.05, 3.63) is 42.5 Å². The standard InChI is InChI=1S/C12H13NO/c1-3-8-12(2)9-6-4-5-7-10(9)13-11(12)14/h3-7H,1,8H2,2H3,(H,13,14). The molecule has 0 fully saturated rings. The van der Waals surface area contributed by atoms with Gasteiger partial charge in [-0.25, -0.2) is 0 Å². The minimum Gasteiger partial charge on any atom is -0.325 e. The van der Waals surface area contributed by atoms with Crippen LogP contribution in [-0.4, -0.2) is 5.91 Å². The quantitative estimate of drug-likeness (QED) is 0.708. The lowest BCUT2D eigenvalue weighted by Crippen LogP contribution is -2.30. The maximum atomic E-state index is 11.8. The van der Waals surface area contributed by atoms with Gasteiger partial charge in [-0.2, -0.15) is 0 Å². The molecular formula is C12H13NO. The van der Waals surface area contributed by atoms with Gasteiger partial charge in [-0.1, -0.05) is 24.3 Å². The molecule has 0 saturated carbocycles. The Morgan fingerprint density at radius 3 is 2.93 bits per heavy atom. The van der Waals surface area contributed by atoms with Crippen LogP contribution in [0.25, 0.3) is 0 Å². The second-order valence-corrected chi connectivity index (χ2v) is 3.82. The highest BCUT2D eigenvalue weighted by molar-refractivity contribution is 6.06. The third-order valence-corrected chi connectivity index (χ3v) is 2.82. The van der Waals surface area contributed by atoms with E-state index < -0.39 is 5.41 Å². The van der Waals surface area contributed by atoms with Crippen LogP contribution in [0.4, 0.5) is 5.69 Å². The number of hydrogen-bond donors (Lipinski definition) is 1. The van der Waals surface area contributed by atoms with Gasteiger partial charge in [-0.3, -0.25) is 4.79 Å². The zero-order valence-corrected chi connectivity index (χ0v) is 8.21. The molecule has 1 aliphatic rings. The highest BCUT2D eigenvalue weighted by Crippen LogP contribution is 2.39. The zero-order valence-electron chi connectivity index (χ0n) is 8.21. The van der Waals surface area contributed by atoms with Gasteiger partial charge in [-0.05, 0) is 25.0 Å². The van der Waals surface area contributed by atoms with Crippen LogP contribution in [0, 0.1) is 0 Å². The van der Waals surface area contributed by atoms with E-state index in [1.165, 1.54) is 0 Å². The SMILES string of the molecule is C=CCC1(C)C(=O)Nc2ccccc21. The summed E-state index contributed by atoms with van der Waals surface area (Å²) in [5, 5.41) is 2.89. The lowest BCUT2D eigenvalue weighted by atomic mass is 9.81. The zero-order chi connectivity index (χ0) is 10.2. The van der Waals surface area contributed by atoms with Gasteiger partial charge in [0, 0.05) is 5.69 Å². The smallest absolute Gasteiger partial charge is 0.235 e. The summed E-state index contributed by atoms with van der Waals surface area (Å²) >= 11 is 0. The Labute approximate surface area is 83.6 Å². The average Bonchev–Trinajstić information content (AvgIpc) is 2.41. The highest BCUT2D eigenvalue weighted by Gasteiger charge is 2.40. The van der Waals surface area contributed by atoms with Crippen LogP contribution in [-0.2, 0) is 10.2 Å². The predicted molar refractivity (Wildman–Crippen MR) is 57.2 cm³/mol. The minimum absolute atomic E-state index is 0.0681. The first-order valence-electron chi connectivity index (χ1n) is 4.70. The molecule has 0 spiro atoms. The van der Waals surface area contributed by atoms with Crippen molar-refractivity contribution in [3.63, 3.8) is 0 Å². The lowest BCUT2D eigenvalue weighted by Gasteiger charge is -2.19. The van der Waals surface area contributed by atoms with Gasteiger partial charge in [-0.15, -0.1) is 6.58 Å².